The second-order valence-electron chi connectivity index (χ2n) is 5.22. The summed E-state index contributed by atoms with van der Waals surface area (Å²) in [5.74, 6) is 0.317. The molecule has 0 aliphatic heterocycles. The van der Waals surface area contributed by atoms with Crippen LogP contribution >= 0.6 is 0 Å². The number of ether oxygens (including phenoxy) is 1. The first-order valence-electron chi connectivity index (χ1n) is 7.59. The lowest BCUT2D eigenvalue weighted by atomic mass is 10.2. The molecule has 2 aromatic carbocycles. The number of hydrogen-bond acceptors (Lipinski definition) is 4. The molecule has 0 saturated carbocycles. The summed E-state index contributed by atoms with van der Waals surface area (Å²) in [6, 6.07) is 16.4. The first kappa shape index (κ1) is 16.4. The number of anilines is 3. The number of pyridine rings is 1. The average molecular weight is 337 g/mol. The van der Waals surface area contributed by atoms with Gasteiger partial charge in [0.25, 0.3) is 5.91 Å². The lowest BCUT2D eigenvalue weighted by Crippen LogP contribution is -2.14. The number of methoxy groups -OCH3 is 1. The third kappa shape index (κ3) is 4.11. The van der Waals surface area contributed by atoms with E-state index in [1.807, 2.05) is 0 Å². The van der Waals surface area contributed by atoms with Gasteiger partial charge in [-0.25, -0.2) is 9.37 Å². The molecule has 0 unspecified atom stereocenters. The van der Waals surface area contributed by atoms with Crippen molar-refractivity contribution >= 4 is 23.1 Å². The molecule has 0 saturated heterocycles. The molecule has 0 aliphatic rings. The van der Waals surface area contributed by atoms with E-state index in [4.69, 9.17) is 4.74 Å². The summed E-state index contributed by atoms with van der Waals surface area (Å²) in [7, 11) is 1.51. The molecule has 0 spiro atoms. The van der Waals surface area contributed by atoms with E-state index in [0.717, 1.165) is 11.4 Å². The van der Waals surface area contributed by atoms with E-state index < -0.39 is 0 Å². The zero-order chi connectivity index (χ0) is 17.6. The Balaban J connectivity index is 1.68. The van der Waals surface area contributed by atoms with E-state index in [-0.39, 0.29) is 11.7 Å². The number of hydrogen-bond donors (Lipinski definition) is 2. The molecule has 0 fully saturated rings. The highest BCUT2D eigenvalue weighted by Gasteiger charge is 2.12. The Kier molecular flexibility index (Phi) is 4.89. The first-order chi connectivity index (χ1) is 12.2. The van der Waals surface area contributed by atoms with Crippen LogP contribution in [0.25, 0.3) is 0 Å². The average Bonchev–Trinajstić information content (AvgIpc) is 2.65. The van der Waals surface area contributed by atoms with Crippen LogP contribution in [0.2, 0.25) is 0 Å². The Labute approximate surface area is 144 Å². The van der Waals surface area contributed by atoms with Gasteiger partial charge >= 0.3 is 0 Å². The highest BCUT2D eigenvalue weighted by atomic mass is 19.1. The van der Waals surface area contributed by atoms with Crippen LogP contribution in [-0.2, 0) is 0 Å². The van der Waals surface area contributed by atoms with Crippen LogP contribution in [0.5, 0.6) is 5.75 Å². The van der Waals surface area contributed by atoms with Crippen LogP contribution in [0, 0.1) is 5.82 Å². The Morgan fingerprint density at radius 2 is 1.72 bits per heavy atom. The normalized spacial score (nSPS) is 10.2. The number of halogens is 1. The molecule has 126 valence electrons. The van der Waals surface area contributed by atoms with Crippen molar-refractivity contribution in [1.82, 2.24) is 4.98 Å². The molecule has 1 amide bonds. The Bertz CT molecular complexity index is 865. The van der Waals surface area contributed by atoms with Crippen LogP contribution in [0.4, 0.5) is 21.6 Å². The molecule has 0 aliphatic carbocycles. The molecular weight excluding hydrogens is 321 g/mol. The number of nitrogens with zero attached hydrogens (tertiary/aromatic N) is 1. The fourth-order valence-corrected chi connectivity index (χ4v) is 2.26. The minimum absolute atomic E-state index is 0.293. The van der Waals surface area contributed by atoms with Gasteiger partial charge in [-0.3, -0.25) is 4.79 Å². The monoisotopic (exact) mass is 337 g/mol. The third-order valence-corrected chi connectivity index (χ3v) is 3.49. The maximum absolute atomic E-state index is 12.9. The van der Waals surface area contributed by atoms with Crippen molar-refractivity contribution in [3.05, 3.63) is 78.2 Å². The molecular formula is C19H16FN3O2. The number of amides is 1. The lowest BCUT2D eigenvalue weighted by Gasteiger charge is -2.10. The van der Waals surface area contributed by atoms with Gasteiger partial charge in [-0.2, -0.15) is 0 Å². The molecule has 3 aromatic rings. The third-order valence-electron chi connectivity index (χ3n) is 3.49. The van der Waals surface area contributed by atoms with Gasteiger partial charge in [-0.15, -0.1) is 0 Å². The smallest absolute Gasteiger partial charge is 0.260 e. The van der Waals surface area contributed by atoms with Crippen molar-refractivity contribution in [2.75, 3.05) is 17.7 Å². The van der Waals surface area contributed by atoms with Crippen molar-refractivity contribution in [2.45, 2.75) is 0 Å². The Morgan fingerprint density at radius 1 is 1.00 bits per heavy atom. The number of carbonyl (C=O) groups excluding carboxylic acids is 1. The topological polar surface area (TPSA) is 63.2 Å². The summed E-state index contributed by atoms with van der Waals surface area (Å²) in [5.41, 5.74) is 1.90. The van der Waals surface area contributed by atoms with Crippen LogP contribution in [-0.4, -0.2) is 18.0 Å². The fourth-order valence-electron chi connectivity index (χ4n) is 2.26. The van der Waals surface area contributed by atoms with E-state index in [1.54, 1.807) is 54.7 Å². The maximum atomic E-state index is 12.9. The van der Waals surface area contributed by atoms with Gasteiger partial charge < -0.3 is 15.4 Å². The van der Waals surface area contributed by atoms with Gasteiger partial charge in [0.05, 0.1) is 24.6 Å². The van der Waals surface area contributed by atoms with Crippen LogP contribution in [0.1, 0.15) is 10.4 Å². The van der Waals surface area contributed by atoms with Crippen LogP contribution in [0.3, 0.4) is 0 Å². The fraction of sp³-hybridized carbons (Fsp3) is 0.0526. The molecule has 1 heterocycles. The van der Waals surface area contributed by atoms with Gasteiger partial charge in [-0.05, 0) is 48.5 Å². The second-order valence-corrected chi connectivity index (χ2v) is 5.22. The number of nitrogens with one attached hydrogen (secondary N) is 2. The predicted molar refractivity (Wildman–Crippen MR) is 94.9 cm³/mol. The highest BCUT2D eigenvalue weighted by molar-refractivity contribution is 6.05. The lowest BCUT2D eigenvalue weighted by molar-refractivity contribution is 0.102. The zero-order valence-corrected chi connectivity index (χ0v) is 13.5. The Hall–Kier alpha value is -3.41. The van der Waals surface area contributed by atoms with Crippen molar-refractivity contribution in [3.63, 3.8) is 0 Å². The molecule has 0 radical (unpaired) electrons. The molecule has 6 heteroatoms. The molecule has 0 atom stereocenters. The number of carbonyl (C=O) groups is 1. The van der Waals surface area contributed by atoms with Crippen LogP contribution < -0.4 is 15.4 Å². The van der Waals surface area contributed by atoms with Gasteiger partial charge in [0, 0.05) is 5.69 Å². The zero-order valence-electron chi connectivity index (χ0n) is 13.5. The van der Waals surface area contributed by atoms with Crippen LogP contribution in [0.15, 0.2) is 66.9 Å². The van der Waals surface area contributed by atoms with E-state index in [2.05, 4.69) is 15.6 Å². The van der Waals surface area contributed by atoms with E-state index in [1.165, 1.54) is 19.2 Å². The molecule has 0 bridgehead atoms. The van der Waals surface area contributed by atoms with Crippen molar-refractivity contribution < 1.29 is 13.9 Å². The van der Waals surface area contributed by atoms with Crippen molar-refractivity contribution in [3.8, 4) is 5.75 Å². The summed E-state index contributed by atoms with van der Waals surface area (Å²) in [6.07, 6.45) is 1.58. The molecule has 3 rings (SSSR count). The quantitative estimate of drug-likeness (QED) is 0.731. The standard InChI is InChI=1S/C19H16FN3O2/c1-25-17-5-3-2-4-16(17)19(24)23-18-11-10-15(12-21-18)22-14-8-6-13(20)7-9-14/h2-12,22H,1H3,(H,21,23,24). The molecule has 25 heavy (non-hydrogen) atoms. The Morgan fingerprint density at radius 3 is 2.40 bits per heavy atom. The van der Waals surface area contributed by atoms with Crippen molar-refractivity contribution in [1.29, 1.82) is 0 Å². The second kappa shape index (κ2) is 7.44. The number of rotatable bonds is 5. The van der Waals surface area contributed by atoms with Gasteiger partial charge in [0.1, 0.15) is 17.4 Å². The molecule has 1 aromatic heterocycles. The number of para-hydroxylation sites is 1. The minimum atomic E-state index is -0.302. The maximum Gasteiger partial charge on any atom is 0.260 e. The summed E-state index contributed by atoms with van der Waals surface area (Å²) in [5, 5.41) is 5.82. The first-order valence-corrected chi connectivity index (χ1v) is 7.59. The summed E-state index contributed by atoms with van der Waals surface area (Å²) < 4.78 is 18.1. The van der Waals surface area contributed by atoms with E-state index in [0.29, 0.717) is 17.1 Å². The van der Waals surface area contributed by atoms with Gasteiger partial charge in [0.15, 0.2) is 0 Å². The molecule has 5 nitrogen and oxygen atoms in total. The van der Waals surface area contributed by atoms with Gasteiger partial charge in [0.2, 0.25) is 0 Å². The van der Waals surface area contributed by atoms with E-state index >= 15 is 0 Å². The number of benzene rings is 2. The highest BCUT2D eigenvalue weighted by Crippen LogP contribution is 2.20. The van der Waals surface area contributed by atoms with Gasteiger partial charge in [-0.1, -0.05) is 12.1 Å². The predicted octanol–water partition coefficient (Wildman–Crippen LogP) is 4.23. The molecule has 2 N–H and O–H groups in total. The SMILES string of the molecule is COc1ccccc1C(=O)Nc1ccc(Nc2ccc(F)cc2)cn1. The summed E-state index contributed by atoms with van der Waals surface area (Å²) in [6.45, 7) is 0. The van der Waals surface area contributed by atoms with E-state index in [9.17, 15) is 9.18 Å². The summed E-state index contributed by atoms with van der Waals surface area (Å²) in [4.78, 5) is 16.5. The minimum Gasteiger partial charge on any atom is -0.496 e. The largest absolute Gasteiger partial charge is 0.496 e. The van der Waals surface area contributed by atoms with Crippen molar-refractivity contribution in [2.24, 2.45) is 0 Å². The summed E-state index contributed by atoms with van der Waals surface area (Å²) >= 11 is 0. The number of aromatic nitrogens is 1.